The first-order chi connectivity index (χ1) is 7.24. The van der Waals surface area contributed by atoms with Crippen LogP contribution in [0.4, 0.5) is 0 Å². The van der Waals surface area contributed by atoms with Gasteiger partial charge in [0.2, 0.25) is 0 Å². The van der Waals surface area contributed by atoms with Gasteiger partial charge in [-0.15, -0.1) is 0 Å². The summed E-state index contributed by atoms with van der Waals surface area (Å²) in [7, 11) is 2.24. The maximum absolute atomic E-state index is 9.44. The third kappa shape index (κ3) is 4.98. The highest BCUT2D eigenvalue weighted by molar-refractivity contribution is 4.77. The van der Waals surface area contributed by atoms with Gasteiger partial charge in [-0.2, -0.15) is 0 Å². The molecular weight excluding hydrogens is 186 g/mol. The third-order valence-electron chi connectivity index (χ3n) is 3.65. The fourth-order valence-electron chi connectivity index (χ4n) is 2.47. The van der Waals surface area contributed by atoms with E-state index in [-0.39, 0.29) is 6.10 Å². The van der Waals surface area contributed by atoms with E-state index in [2.05, 4.69) is 18.9 Å². The van der Waals surface area contributed by atoms with Crippen molar-refractivity contribution in [3.05, 3.63) is 0 Å². The molecule has 2 nitrogen and oxygen atoms in total. The highest BCUT2D eigenvalue weighted by Gasteiger charge is 2.21. The Bertz CT molecular complexity index is 153. The fraction of sp³-hybridized carbons (Fsp3) is 1.00. The van der Waals surface area contributed by atoms with Gasteiger partial charge in [-0.25, -0.2) is 0 Å². The topological polar surface area (TPSA) is 23.5 Å². The molecule has 0 heterocycles. The van der Waals surface area contributed by atoms with E-state index in [0.717, 1.165) is 18.9 Å². The first kappa shape index (κ1) is 13.0. The summed E-state index contributed by atoms with van der Waals surface area (Å²) in [6, 6.07) is 0.732. The van der Waals surface area contributed by atoms with E-state index in [4.69, 9.17) is 0 Å². The molecule has 90 valence electrons. The van der Waals surface area contributed by atoms with Gasteiger partial charge in [0.05, 0.1) is 6.10 Å². The Kier molecular flexibility index (Phi) is 6.26. The Morgan fingerprint density at radius 3 is 2.33 bits per heavy atom. The predicted octanol–water partition coefficient (Wildman–Crippen LogP) is 2.80. The van der Waals surface area contributed by atoms with E-state index in [0.29, 0.717) is 0 Å². The molecular formula is C13H27NO. The van der Waals surface area contributed by atoms with Crippen molar-refractivity contribution in [1.82, 2.24) is 4.90 Å². The van der Waals surface area contributed by atoms with Gasteiger partial charge in [0.1, 0.15) is 0 Å². The molecule has 0 bridgehead atoms. The van der Waals surface area contributed by atoms with E-state index in [9.17, 15) is 5.11 Å². The van der Waals surface area contributed by atoms with E-state index in [1.165, 1.54) is 45.1 Å². The quantitative estimate of drug-likeness (QED) is 0.686. The third-order valence-corrected chi connectivity index (χ3v) is 3.65. The van der Waals surface area contributed by atoms with Crippen LogP contribution in [0.5, 0.6) is 0 Å². The normalized spacial score (nSPS) is 27.2. The standard InChI is InChI=1S/C13H27NO/c1-3-4-5-6-11-14(2)12-7-9-13(15)10-8-12/h12-13,15H,3-11H2,1-2H3. The predicted molar refractivity (Wildman–Crippen MR) is 65.0 cm³/mol. The highest BCUT2D eigenvalue weighted by Crippen LogP contribution is 2.22. The van der Waals surface area contributed by atoms with Crippen LogP contribution in [0.1, 0.15) is 58.3 Å². The van der Waals surface area contributed by atoms with E-state index >= 15 is 0 Å². The lowest BCUT2D eigenvalue weighted by molar-refractivity contribution is 0.0836. The van der Waals surface area contributed by atoms with Gasteiger partial charge < -0.3 is 10.0 Å². The van der Waals surface area contributed by atoms with E-state index < -0.39 is 0 Å². The monoisotopic (exact) mass is 213 g/mol. The molecule has 0 atom stereocenters. The Morgan fingerprint density at radius 1 is 1.07 bits per heavy atom. The van der Waals surface area contributed by atoms with Crippen molar-refractivity contribution in [3.63, 3.8) is 0 Å². The number of rotatable bonds is 6. The largest absolute Gasteiger partial charge is 0.393 e. The molecule has 2 heteroatoms. The Labute approximate surface area is 94.7 Å². The van der Waals surface area contributed by atoms with Crippen LogP contribution >= 0.6 is 0 Å². The smallest absolute Gasteiger partial charge is 0.0541 e. The number of nitrogens with zero attached hydrogens (tertiary/aromatic N) is 1. The number of aliphatic hydroxyl groups excluding tert-OH is 1. The zero-order valence-corrected chi connectivity index (χ0v) is 10.4. The van der Waals surface area contributed by atoms with Gasteiger partial charge >= 0.3 is 0 Å². The lowest BCUT2D eigenvalue weighted by atomic mass is 9.92. The van der Waals surface area contributed by atoms with Crippen molar-refractivity contribution in [2.24, 2.45) is 0 Å². The molecule has 0 aromatic rings. The molecule has 0 saturated heterocycles. The lowest BCUT2D eigenvalue weighted by Crippen LogP contribution is -2.36. The molecule has 15 heavy (non-hydrogen) atoms. The fourth-order valence-corrected chi connectivity index (χ4v) is 2.47. The maximum atomic E-state index is 9.44. The van der Waals surface area contributed by atoms with Crippen molar-refractivity contribution in [2.75, 3.05) is 13.6 Å². The zero-order valence-electron chi connectivity index (χ0n) is 10.4. The van der Waals surface area contributed by atoms with Gasteiger partial charge in [-0.1, -0.05) is 26.2 Å². The van der Waals surface area contributed by atoms with Gasteiger partial charge in [0.15, 0.2) is 0 Å². The molecule has 0 amide bonds. The Morgan fingerprint density at radius 2 is 1.73 bits per heavy atom. The first-order valence-electron chi connectivity index (χ1n) is 6.62. The van der Waals surface area contributed by atoms with Crippen molar-refractivity contribution in [2.45, 2.75) is 70.4 Å². The molecule has 0 aromatic heterocycles. The van der Waals surface area contributed by atoms with Gasteiger partial charge in [-0.05, 0) is 45.7 Å². The van der Waals surface area contributed by atoms with Crippen LogP contribution < -0.4 is 0 Å². The average Bonchev–Trinajstić information content (AvgIpc) is 2.25. The minimum Gasteiger partial charge on any atom is -0.393 e. The van der Waals surface area contributed by atoms with Crippen molar-refractivity contribution in [3.8, 4) is 0 Å². The van der Waals surface area contributed by atoms with Gasteiger partial charge in [0.25, 0.3) is 0 Å². The molecule has 0 aliphatic heterocycles. The van der Waals surface area contributed by atoms with Gasteiger partial charge in [0, 0.05) is 6.04 Å². The number of hydrogen-bond acceptors (Lipinski definition) is 2. The number of unbranched alkanes of at least 4 members (excludes halogenated alkanes) is 3. The summed E-state index contributed by atoms with van der Waals surface area (Å²) in [5.41, 5.74) is 0. The Hall–Kier alpha value is -0.0800. The van der Waals surface area contributed by atoms with Crippen LogP contribution in [-0.2, 0) is 0 Å². The second-order valence-electron chi connectivity index (χ2n) is 5.00. The second kappa shape index (κ2) is 7.24. The molecule has 1 fully saturated rings. The van der Waals surface area contributed by atoms with Crippen LogP contribution in [-0.4, -0.2) is 35.7 Å². The van der Waals surface area contributed by atoms with Crippen LogP contribution in [0.25, 0.3) is 0 Å². The van der Waals surface area contributed by atoms with Crippen molar-refractivity contribution in [1.29, 1.82) is 0 Å². The van der Waals surface area contributed by atoms with Crippen molar-refractivity contribution < 1.29 is 5.11 Å². The maximum Gasteiger partial charge on any atom is 0.0541 e. The van der Waals surface area contributed by atoms with Crippen LogP contribution in [0, 0.1) is 0 Å². The van der Waals surface area contributed by atoms with Crippen LogP contribution in [0.15, 0.2) is 0 Å². The molecule has 1 aliphatic carbocycles. The first-order valence-corrected chi connectivity index (χ1v) is 6.62. The molecule has 1 saturated carbocycles. The lowest BCUT2D eigenvalue weighted by Gasteiger charge is -2.33. The summed E-state index contributed by atoms with van der Waals surface area (Å²) < 4.78 is 0. The van der Waals surface area contributed by atoms with Crippen molar-refractivity contribution >= 4 is 0 Å². The molecule has 1 rings (SSSR count). The Balaban J connectivity index is 2.08. The zero-order chi connectivity index (χ0) is 11.1. The number of hydrogen-bond donors (Lipinski definition) is 1. The highest BCUT2D eigenvalue weighted by atomic mass is 16.3. The SMILES string of the molecule is CCCCCCN(C)C1CCC(O)CC1. The average molecular weight is 213 g/mol. The molecule has 0 aromatic carbocycles. The number of aliphatic hydroxyl groups is 1. The second-order valence-corrected chi connectivity index (χ2v) is 5.00. The van der Waals surface area contributed by atoms with E-state index in [1.807, 2.05) is 0 Å². The summed E-state index contributed by atoms with van der Waals surface area (Å²) in [5.74, 6) is 0. The molecule has 0 radical (unpaired) electrons. The van der Waals surface area contributed by atoms with Gasteiger partial charge in [-0.3, -0.25) is 0 Å². The minimum atomic E-state index is -0.0188. The van der Waals surface area contributed by atoms with E-state index in [1.54, 1.807) is 0 Å². The molecule has 0 spiro atoms. The summed E-state index contributed by atoms with van der Waals surface area (Å²) >= 11 is 0. The molecule has 1 N–H and O–H groups in total. The van der Waals surface area contributed by atoms with Crippen LogP contribution in [0.2, 0.25) is 0 Å². The minimum absolute atomic E-state index is 0.0188. The summed E-state index contributed by atoms with van der Waals surface area (Å²) in [6.07, 6.45) is 9.76. The summed E-state index contributed by atoms with van der Waals surface area (Å²) in [5, 5.41) is 9.44. The molecule has 0 unspecified atom stereocenters. The summed E-state index contributed by atoms with van der Waals surface area (Å²) in [6.45, 7) is 3.49. The van der Waals surface area contributed by atoms with Crippen LogP contribution in [0.3, 0.4) is 0 Å². The summed E-state index contributed by atoms with van der Waals surface area (Å²) in [4.78, 5) is 2.50. The molecule has 1 aliphatic rings.